The molecule has 5 nitrogen and oxygen atoms in total. The molecule has 82 valence electrons. The molecule has 0 bridgehead atoms. The number of aromatic nitrogens is 2. The lowest BCUT2D eigenvalue weighted by Gasteiger charge is -2.05. The first-order chi connectivity index (χ1) is 7.59. The molecular formula is C10H7ClN2O3. The first-order valence-corrected chi connectivity index (χ1v) is 4.76. The van der Waals surface area contributed by atoms with E-state index in [2.05, 4.69) is 4.98 Å². The molecule has 0 aliphatic carbocycles. The minimum absolute atomic E-state index is 0.0193. The van der Waals surface area contributed by atoms with Crippen LogP contribution in [0.2, 0.25) is 5.02 Å². The van der Waals surface area contributed by atoms with Crippen LogP contribution in [0.15, 0.2) is 35.4 Å². The highest BCUT2D eigenvalue weighted by molar-refractivity contribution is 6.31. The number of imidazole rings is 1. The minimum atomic E-state index is -1.13. The zero-order valence-corrected chi connectivity index (χ0v) is 8.73. The van der Waals surface area contributed by atoms with E-state index in [4.69, 9.17) is 16.7 Å². The largest absolute Gasteiger partial charge is 0.478 e. The Bertz CT molecular complexity index is 600. The third-order valence-corrected chi connectivity index (χ3v) is 2.33. The topological polar surface area (TPSA) is 75.1 Å². The highest BCUT2D eigenvalue weighted by atomic mass is 35.5. The van der Waals surface area contributed by atoms with Crippen LogP contribution in [0.4, 0.5) is 0 Å². The Morgan fingerprint density at radius 3 is 2.75 bits per heavy atom. The number of benzene rings is 1. The van der Waals surface area contributed by atoms with E-state index in [9.17, 15) is 9.59 Å². The molecule has 1 heterocycles. The minimum Gasteiger partial charge on any atom is -0.478 e. The number of halogens is 1. The van der Waals surface area contributed by atoms with Gasteiger partial charge in [0.2, 0.25) is 0 Å². The first kappa shape index (κ1) is 10.5. The van der Waals surface area contributed by atoms with Crippen LogP contribution in [0, 0.1) is 0 Å². The average Bonchev–Trinajstić information content (AvgIpc) is 2.64. The maximum Gasteiger partial charge on any atom is 0.337 e. The molecule has 0 saturated heterocycles. The maximum atomic E-state index is 11.4. The monoisotopic (exact) mass is 238 g/mol. The lowest BCUT2D eigenvalue weighted by molar-refractivity contribution is 0.0697. The first-order valence-electron chi connectivity index (χ1n) is 4.39. The van der Waals surface area contributed by atoms with Crippen molar-refractivity contribution in [1.29, 1.82) is 0 Å². The third kappa shape index (κ3) is 1.72. The molecule has 6 heteroatoms. The number of nitrogens with one attached hydrogen (secondary N) is 1. The van der Waals surface area contributed by atoms with E-state index in [1.807, 2.05) is 0 Å². The van der Waals surface area contributed by atoms with E-state index in [-0.39, 0.29) is 11.3 Å². The highest BCUT2D eigenvalue weighted by Gasteiger charge is 2.13. The van der Waals surface area contributed by atoms with Gasteiger partial charge in [-0.2, -0.15) is 0 Å². The molecule has 0 atom stereocenters. The Morgan fingerprint density at radius 1 is 1.44 bits per heavy atom. The molecule has 16 heavy (non-hydrogen) atoms. The van der Waals surface area contributed by atoms with Crippen LogP contribution in [-0.2, 0) is 0 Å². The molecule has 2 rings (SSSR count). The van der Waals surface area contributed by atoms with Crippen LogP contribution < -0.4 is 5.69 Å². The zero-order chi connectivity index (χ0) is 11.7. The predicted molar refractivity (Wildman–Crippen MR) is 58.4 cm³/mol. The summed E-state index contributed by atoms with van der Waals surface area (Å²) in [5.74, 6) is -1.13. The fraction of sp³-hybridized carbons (Fsp3) is 0. The van der Waals surface area contributed by atoms with Gasteiger partial charge in [0.25, 0.3) is 0 Å². The van der Waals surface area contributed by atoms with Crippen LogP contribution >= 0.6 is 11.6 Å². The van der Waals surface area contributed by atoms with Gasteiger partial charge in [-0.15, -0.1) is 0 Å². The Morgan fingerprint density at radius 2 is 2.19 bits per heavy atom. The van der Waals surface area contributed by atoms with E-state index in [1.54, 1.807) is 0 Å². The van der Waals surface area contributed by atoms with Crippen molar-refractivity contribution in [3.63, 3.8) is 0 Å². The quantitative estimate of drug-likeness (QED) is 0.833. The number of aromatic carboxylic acids is 1. The van der Waals surface area contributed by atoms with E-state index in [0.29, 0.717) is 5.02 Å². The lowest BCUT2D eigenvalue weighted by atomic mass is 10.2. The summed E-state index contributed by atoms with van der Waals surface area (Å²) in [5, 5.41) is 9.31. The van der Waals surface area contributed by atoms with E-state index < -0.39 is 11.7 Å². The SMILES string of the molecule is O=C(O)c1cc(Cl)ccc1-n1cc[nH]c1=O. The molecule has 1 aromatic heterocycles. The number of carboxylic acids is 1. The van der Waals surface area contributed by atoms with Gasteiger partial charge >= 0.3 is 11.7 Å². The number of H-pyrrole nitrogens is 1. The molecule has 0 aliphatic heterocycles. The van der Waals surface area contributed by atoms with E-state index in [1.165, 1.54) is 35.2 Å². The summed E-state index contributed by atoms with van der Waals surface area (Å²) in [7, 11) is 0. The van der Waals surface area contributed by atoms with E-state index >= 15 is 0 Å². The van der Waals surface area contributed by atoms with Crippen molar-refractivity contribution in [3.8, 4) is 5.69 Å². The second-order valence-electron chi connectivity index (χ2n) is 3.10. The van der Waals surface area contributed by atoms with Gasteiger partial charge in [0.1, 0.15) is 0 Å². The van der Waals surface area contributed by atoms with Crippen LogP contribution in [-0.4, -0.2) is 20.6 Å². The predicted octanol–water partition coefficient (Wildman–Crippen LogP) is 1.52. The Hall–Kier alpha value is -2.01. The summed E-state index contributed by atoms with van der Waals surface area (Å²) in [6.45, 7) is 0. The van der Waals surface area contributed by atoms with Gasteiger partial charge in [0.15, 0.2) is 0 Å². The molecule has 0 spiro atoms. The van der Waals surface area contributed by atoms with Crippen LogP contribution in [0.5, 0.6) is 0 Å². The summed E-state index contributed by atoms with van der Waals surface area (Å²) in [5.41, 5.74) is -0.137. The van der Waals surface area contributed by atoms with Gasteiger partial charge in [0.05, 0.1) is 11.3 Å². The van der Waals surface area contributed by atoms with Gasteiger partial charge in [-0.25, -0.2) is 9.59 Å². The normalized spacial score (nSPS) is 10.3. The van der Waals surface area contributed by atoms with Crippen molar-refractivity contribution in [2.24, 2.45) is 0 Å². The molecule has 0 amide bonds. The van der Waals surface area contributed by atoms with Crippen LogP contribution in [0.1, 0.15) is 10.4 Å². The van der Waals surface area contributed by atoms with Gasteiger partial charge in [-0.1, -0.05) is 11.6 Å². The summed E-state index contributed by atoms with van der Waals surface area (Å²) < 4.78 is 1.21. The summed E-state index contributed by atoms with van der Waals surface area (Å²) in [4.78, 5) is 24.8. The number of hydrogen-bond acceptors (Lipinski definition) is 2. The van der Waals surface area contributed by atoms with Gasteiger partial charge in [0, 0.05) is 17.4 Å². The van der Waals surface area contributed by atoms with Gasteiger partial charge in [-0.05, 0) is 18.2 Å². The van der Waals surface area contributed by atoms with Crippen molar-refractivity contribution in [2.45, 2.75) is 0 Å². The summed E-state index contributed by atoms with van der Waals surface area (Å²) in [6, 6.07) is 4.32. The van der Waals surface area contributed by atoms with Gasteiger partial charge < -0.3 is 10.1 Å². The number of hydrogen-bond donors (Lipinski definition) is 2. The second-order valence-corrected chi connectivity index (χ2v) is 3.54. The Kier molecular flexibility index (Phi) is 2.54. The summed E-state index contributed by atoms with van der Waals surface area (Å²) >= 11 is 5.70. The average molecular weight is 239 g/mol. The molecule has 2 aromatic rings. The lowest BCUT2D eigenvalue weighted by Crippen LogP contribution is -2.17. The molecule has 0 radical (unpaired) electrons. The standard InChI is InChI=1S/C10H7ClN2O3/c11-6-1-2-8(7(5-6)9(14)15)13-4-3-12-10(13)16/h1-5H,(H,12,16)(H,14,15). The molecule has 0 aliphatic rings. The van der Waals surface area contributed by atoms with Crippen molar-refractivity contribution >= 4 is 17.6 Å². The number of carbonyl (C=O) groups is 1. The fourth-order valence-electron chi connectivity index (χ4n) is 1.40. The Balaban J connectivity index is 2.70. The van der Waals surface area contributed by atoms with Gasteiger partial charge in [-0.3, -0.25) is 4.57 Å². The fourth-order valence-corrected chi connectivity index (χ4v) is 1.57. The third-order valence-electron chi connectivity index (χ3n) is 2.10. The Labute approximate surface area is 94.9 Å². The van der Waals surface area contributed by atoms with Crippen LogP contribution in [0.3, 0.4) is 0 Å². The molecule has 1 aromatic carbocycles. The van der Waals surface area contributed by atoms with Crippen molar-refractivity contribution in [3.05, 3.63) is 51.7 Å². The molecular weight excluding hydrogens is 232 g/mol. The zero-order valence-electron chi connectivity index (χ0n) is 7.98. The number of carboxylic acid groups (broad SMARTS) is 1. The highest BCUT2D eigenvalue weighted by Crippen LogP contribution is 2.18. The summed E-state index contributed by atoms with van der Waals surface area (Å²) in [6.07, 6.45) is 2.89. The number of rotatable bonds is 2. The van der Waals surface area contributed by atoms with Crippen molar-refractivity contribution in [2.75, 3.05) is 0 Å². The molecule has 0 unspecified atom stereocenters. The number of aromatic amines is 1. The van der Waals surface area contributed by atoms with Crippen molar-refractivity contribution in [1.82, 2.24) is 9.55 Å². The van der Waals surface area contributed by atoms with Crippen molar-refractivity contribution < 1.29 is 9.90 Å². The smallest absolute Gasteiger partial charge is 0.337 e. The van der Waals surface area contributed by atoms with Crippen LogP contribution in [0.25, 0.3) is 5.69 Å². The maximum absolute atomic E-state index is 11.4. The second kappa shape index (κ2) is 3.86. The van der Waals surface area contributed by atoms with E-state index in [0.717, 1.165) is 0 Å². The number of nitrogens with zero attached hydrogens (tertiary/aromatic N) is 1. The molecule has 2 N–H and O–H groups in total. The molecule has 0 saturated carbocycles. The molecule has 0 fully saturated rings.